The van der Waals surface area contributed by atoms with Crippen LogP contribution in [0, 0.1) is 13.8 Å². The lowest BCUT2D eigenvalue weighted by molar-refractivity contribution is 0.415. The van der Waals surface area contributed by atoms with Crippen LogP contribution in [0.15, 0.2) is 54.6 Å². The van der Waals surface area contributed by atoms with Crippen molar-refractivity contribution in [2.24, 2.45) is 0 Å². The maximum absolute atomic E-state index is 6.07. The third-order valence-corrected chi connectivity index (χ3v) is 3.98. The van der Waals surface area contributed by atoms with E-state index in [2.05, 4.69) is 47.9 Å². The van der Waals surface area contributed by atoms with Gasteiger partial charge in [0.15, 0.2) is 0 Å². The number of nitrogen functional groups attached to an aromatic ring is 1. The van der Waals surface area contributed by atoms with Crippen molar-refractivity contribution in [2.45, 2.75) is 13.8 Å². The van der Waals surface area contributed by atoms with Gasteiger partial charge >= 0.3 is 0 Å². The first-order valence-electron chi connectivity index (χ1n) is 7.29. The van der Waals surface area contributed by atoms with Crippen LogP contribution in [0.5, 0.6) is 5.75 Å². The molecule has 0 amide bonds. The van der Waals surface area contributed by atoms with E-state index in [9.17, 15) is 0 Å². The van der Waals surface area contributed by atoms with Crippen LogP contribution in [0.25, 0.3) is 16.9 Å². The molecule has 22 heavy (non-hydrogen) atoms. The van der Waals surface area contributed by atoms with E-state index in [1.54, 1.807) is 7.11 Å². The molecule has 0 aliphatic heterocycles. The molecule has 0 aliphatic carbocycles. The summed E-state index contributed by atoms with van der Waals surface area (Å²) >= 11 is 0. The molecule has 0 saturated heterocycles. The predicted molar refractivity (Wildman–Crippen MR) is 91.6 cm³/mol. The Bertz CT molecular complexity index is 801. The number of benzene rings is 2. The first-order chi connectivity index (χ1) is 10.6. The fourth-order valence-corrected chi connectivity index (χ4v) is 2.64. The molecule has 0 fully saturated rings. The number of hydrogen-bond donors (Lipinski definition) is 1. The Labute approximate surface area is 131 Å². The molecular formula is C19H20N2O. The molecule has 1 heterocycles. The Morgan fingerprint density at radius 2 is 1.64 bits per heavy atom. The van der Waals surface area contributed by atoms with Crippen molar-refractivity contribution in [3.63, 3.8) is 0 Å². The summed E-state index contributed by atoms with van der Waals surface area (Å²) in [6.07, 6.45) is 0. The zero-order valence-corrected chi connectivity index (χ0v) is 13.1. The van der Waals surface area contributed by atoms with Crippen LogP contribution in [-0.2, 0) is 0 Å². The van der Waals surface area contributed by atoms with E-state index in [1.807, 2.05) is 25.1 Å². The summed E-state index contributed by atoms with van der Waals surface area (Å²) in [6, 6.07) is 18.5. The van der Waals surface area contributed by atoms with Gasteiger partial charge in [-0.15, -0.1) is 0 Å². The normalized spacial score (nSPS) is 10.7. The highest BCUT2D eigenvalue weighted by Gasteiger charge is 2.10. The predicted octanol–water partition coefficient (Wildman–Crippen LogP) is 4.35. The van der Waals surface area contributed by atoms with Crippen molar-refractivity contribution < 1.29 is 4.74 Å². The Balaban J connectivity index is 2.12. The van der Waals surface area contributed by atoms with Gasteiger partial charge in [0.2, 0.25) is 0 Å². The van der Waals surface area contributed by atoms with E-state index in [4.69, 9.17) is 10.5 Å². The van der Waals surface area contributed by atoms with Gasteiger partial charge in [-0.05, 0) is 73.5 Å². The fourth-order valence-electron chi connectivity index (χ4n) is 2.64. The lowest BCUT2D eigenvalue weighted by Gasteiger charge is -2.14. The van der Waals surface area contributed by atoms with Gasteiger partial charge in [-0.25, -0.2) is 0 Å². The standard InChI is InChI=1S/C19H20N2O/c1-13-4-8-16(12-18(13)20)21-14(2)5-11-19(21)15-6-9-17(22-3)10-7-15/h4-12H,20H2,1-3H3. The molecule has 3 rings (SSSR count). The second kappa shape index (κ2) is 5.60. The van der Waals surface area contributed by atoms with E-state index in [0.29, 0.717) is 0 Å². The zero-order valence-electron chi connectivity index (χ0n) is 13.1. The van der Waals surface area contributed by atoms with Crippen molar-refractivity contribution in [1.29, 1.82) is 0 Å². The molecule has 112 valence electrons. The summed E-state index contributed by atoms with van der Waals surface area (Å²) < 4.78 is 7.45. The van der Waals surface area contributed by atoms with E-state index in [-0.39, 0.29) is 0 Å². The number of nitrogens with two attached hydrogens (primary N) is 1. The Hall–Kier alpha value is -2.68. The lowest BCUT2D eigenvalue weighted by Crippen LogP contribution is -2.01. The van der Waals surface area contributed by atoms with Crippen LogP contribution < -0.4 is 10.5 Å². The first-order valence-corrected chi connectivity index (χ1v) is 7.29. The number of ether oxygens (including phenoxy) is 1. The smallest absolute Gasteiger partial charge is 0.118 e. The quantitative estimate of drug-likeness (QED) is 0.729. The third-order valence-electron chi connectivity index (χ3n) is 3.98. The van der Waals surface area contributed by atoms with Gasteiger partial charge in [-0.2, -0.15) is 0 Å². The number of rotatable bonds is 3. The molecule has 0 radical (unpaired) electrons. The van der Waals surface area contributed by atoms with E-state index in [0.717, 1.165) is 33.9 Å². The molecule has 0 aliphatic rings. The van der Waals surface area contributed by atoms with Gasteiger partial charge in [0.25, 0.3) is 0 Å². The molecule has 3 aromatic rings. The molecule has 0 spiro atoms. The Morgan fingerprint density at radius 3 is 2.27 bits per heavy atom. The number of aromatic nitrogens is 1. The number of nitrogens with zero attached hydrogens (tertiary/aromatic N) is 1. The van der Waals surface area contributed by atoms with Crippen molar-refractivity contribution in [2.75, 3.05) is 12.8 Å². The highest BCUT2D eigenvalue weighted by Crippen LogP contribution is 2.29. The fraction of sp³-hybridized carbons (Fsp3) is 0.158. The highest BCUT2D eigenvalue weighted by molar-refractivity contribution is 5.66. The van der Waals surface area contributed by atoms with Crippen molar-refractivity contribution in [1.82, 2.24) is 4.57 Å². The van der Waals surface area contributed by atoms with E-state index >= 15 is 0 Å². The van der Waals surface area contributed by atoms with Gasteiger partial charge < -0.3 is 15.0 Å². The van der Waals surface area contributed by atoms with E-state index < -0.39 is 0 Å². The van der Waals surface area contributed by atoms with Crippen LogP contribution in [0.3, 0.4) is 0 Å². The number of methoxy groups -OCH3 is 1. The van der Waals surface area contributed by atoms with Gasteiger partial charge in [-0.3, -0.25) is 0 Å². The van der Waals surface area contributed by atoms with E-state index in [1.165, 1.54) is 5.69 Å². The summed E-state index contributed by atoms with van der Waals surface area (Å²) in [5.74, 6) is 0.859. The highest BCUT2D eigenvalue weighted by atomic mass is 16.5. The third kappa shape index (κ3) is 2.46. The molecule has 3 nitrogen and oxygen atoms in total. The summed E-state index contributed by atoms with van der Waals surface area (Å²) in [4.78, 5) is 0. The first kappa shape index (κ1) is 14.3. The molecule has 0 unspecified atom stereocenters. The number of aryl methyl sites for hydroxylation is 2. The van der Waals surface area contributed by atoms with Crippen LogP contribution in [0.1, 0.15) is 11.3 Å². The van der Waals surface area contributed by atoms with Gasteiger partial charge in [0.05, 0.1) is 12.8 Å². The minimum atomic E-state index is 0.811. The van der Waals surface area contributed by atoms with Crippen LogP contribution in [-0.4, -0.2) is 11.7 Å². The Morgan fingerprint density at radius 1 is 0.909 bits per heavy atom. The zero-order chi connectivity index (χ0) is 15.7. The molecule has 0 bridgehead atoms. The van der Waals surface area contributed by atoms with Crippen LogP contribution in [0.2, 0.25) is 0 Å². The van der Waals surface area contributed by atoms with Crippen molar-refractivity contribution in [3.8, 4) is 22.7 Å². The molecule has 2 aromatic carbocycles. The average Bonchev–Trinajstić information content (AvgIpc) is 2.92. The summed E-state index contributed by atoms with van der Waals surface area (Å²) in [5, 5.41) is 0. The van der Waals surface area contributed by atoms with Gasteiger partial charge in [0, 0.05) is 17.1 Å². The lowest BCUT2D eigenvalue weighted by atomic mass is 10.1. The largest absolute Gasteiger partial charge is 0.497 e. The SMILES string of the molecule is COc1ccc(-c2ccc(C)n2-c2ccc(C)c(N)c2)cc1. The second-order valence-corrected chi connectivity index (χ2v) is 5.46. The number of anilines is 1. The number of hydrogen-bond acceptors (Lipinski definition) is 2. The van der Waals surface area contributed by atoms with Crippen molar-refractivity contribution in [3.05, 3.63) is 65.9 Å². The average molecular weight is 292 g/mol. The summed E-state index contributed by atoms with van der Waals surface area (Å²) in [6.45, 7) is 4.12. The van der Waals surface area contributed by atoms with Crippen LogP contribution >= 0.6 is 0 Å². The van der Waals surface area contributed by atoms with Crippen LogP contribution in [0.4, 0.5) is 5.69 Å². The topological polar surface area (TPSA) is 40.2 Å². The van der Waals surface area contributed by atoms with Gasteiger partial charge in [0.1, 0.15) is 5.75 Å². The molecular weight excluding hydrogens is 272 g/mol. The minimum Gasteiger partial charge on any atom is -0.497 e. The monoisotopic (exact) mass is 292 g/mol. The second-order valence-electron chi connectivity index (χ2n) is 5.46. The maximum Gasteiger partial charge on any atom is 0.118 e. The maximum atomic E-state index is 6.07. The molecule has 3 heteroatoms. The minimum absolute atomic E-state index is 0.811. The molecule has 0 atom stereocenters. The summed E-state index contributed by atoms with van der Waals surface area (Å²) in [5.41, 5.74) is 12.5. The van der Waals surface area contributed by atoms with Crippen molar-refractivity contribution >= 4 is 5.69 Å². The summed E-state index contributed by atoms with van der Waals surface area (Å²) in [7, 11) is 1.68. The molecule has 0 saturated carbocycles. The Kier molecular flexibility index (Phi) is 3.63. The molecule has 2 N–H and O–H groups in total. The molecule has 1 aromatic heterocycles. The van der Waals surface area contributed by atoms with Gasteiger partial charge in [-0.1, -0.05) is 6.07 Å².